The molecule has 7 heteroatoms. The largest absolute Gasteiger partial charge is 0.369 e. The van der Waals surface area contributed by atoms with Crippen LogP contribution in [-0.4, -0.2) is 49.3 Å². The average molecular weight is 392 g/mol. The van der Waals surface area contributed by atoms with Crippen LogP contribution in [-0.2, 0) is 4.79 Å². The first-order valence-electron chi connectivity index (χ1n) is 8.65. The second-order valence-electron chi connectivity index (χ2n) is 6.42. The Bertz CT molecular complexity index is 773. The topological polar surface area (TPSA) is 52.7 Å². The highest BCUT2D eigenvalue weighted by molar-refractivity contribution is 5.96. The molecular weight excluding hydrogens is 369 g/mol. The normalized spacial score (nSPS) is 14.4. The summed E-state index contributed by atoms with van der Waals surface area (Å²) in [6.45, 7) is 4.98. The van der Waals surface area contributed by atoms with Crippen LogP contribution in [0.5, 0.6) is 0 Å². The Morgan fingerprint density at radius 2 is 1.56 bits per heavy atom. The van der Waals surface area contributed by atoms with Crippen LogP contribution >= 0.6 is 12.4 Å². The molecule has 0 unspecified atom stereocenters. The van der Waals surface area contributed by atoms with Gasteiger partial charge in [0.2, 0.25) is 5.91 Å². The molecule has 0 aliphatic carbocycles. The lowest BCUT2D eigenvalue weighted by Gasteiger charge is -2.35. The number of hydrogen-bond acceptors (Lipinski definition) is 4. The number of anilines is 2. The van der Waals surface area contributed by atoms with E-state index in [4.69, 9.17) is 0 Å². The number of benzene rings is 2. The van der Waals surface area contributed by atoms with Gasteiger partial charge in [0, 0.05) is 43.1 Å². The number of amides is 1. The molecule has 1 aliphatic rings. The van der Waals surface area contributed by atoms with Crippen molar-refractivity contribution in [1.29, 1.82) is 0 Å². The number of Topliss-reactive ketones (excluding diaryl/α,β-unsaturated/α-hetero) is 1. The molecule has 1 amide bonds. The molecule has 3 rings (SSSR count). The van der Waals surface area contributed by atoms with E-state index < -0.39 is 0 Å². The van der Waals surface area contributed by atoms with Crippen LogP contribution in [0.4, 0.5) is 15.8 Å². The number of rotatable bonds is 5. The lowest BCUT2D eigenvalue weighted by Crippen LogP contribution is -2.48. The number of hydrogen-bond donors (Lipinski definition) is 1. The number of ketones is 1. The maximum atomic E-state index is 13.0. The maximum Gasteiger partial charge on any atom is 0.238 e. The first kappa shape index (κ1) is 20.9. The molecule has 1 heterocycles. The van der Waals surface area contributed by atoms with Gasteiger partial charge in [0.1, 0.15) is 5.82 Å². The Hall–Kier alpha value is -2.44. The van der Waals surface area contributed by atoms with Crippen LogP contribution in [0, 0.1) is 5.82 Å². The fourth-order valence-corrected chi connectivity index (χ4v) is 3.01. The molecule has 1 fully saturated rings. The Morgan fingerprint density at radius 1 is 0.963 bits per heavy atom. The summed E-state index contributed by atoms with van der Waals surface area (Å²) in [5, 5.41) is 2.86. The number of piperazine rings is 1. The lowest BCUT2D eigenvalue weighted by atomic mass is 10.1. The fraction of sp³-hybridized carbons (Fsp3) is 0.300. The molecule has 1 N–H and O–H groups in total. The van der Waals surface area contributed by atoms with Crippen LogP contribution in [0.1, 0.15) is 17.3 Å². The minimum absolute atomic E-state index is 0. The van der Waals surface area contributed by atoms with Gasteiger partial charge in [0.15, 0.2) is 5.78 Å². The summed E-state index contributed by atoms with van der Waals surface area (Å²) in [6.07, 6.45) is 0. The third-order valence-electron chi connectivity index (χ3n) is 4.51. The molecule has 5 nitrogen and oxygen atoms in total. The molecule has 1 aliphatic heterocycles. The van der Waals surface area contributed by atoms with Gasteiger partial charge in [-0.3, -0.25) is 14.5 Å². The predicted octanol–water partition coefficient (Wildman–Crippen LogP) is 3.21. The second-order valence-corrected chi connectivity index (χ2v) is 6.42. The standard InChI is InChI=1S/C20H22FN3O2.ClH/c1-15(25)16-2-6-18(7-3-16)22-20(26)14-23-10-12-24(13-11-23)19-8-4-17(21)5-9-19;/h2-9H,10-14H2,1H3,(H,22,26);1H. The summed E-state index contributed by atoms with van der Waals surface area (Å²) in [4.78, 5) is 27.8. The molecular formula is C20H23ClFN3O2. The zero-order chi connectivity index (χ0) is 18.5. The molecule has 144 valence electrons. The highest BCUT2D eigenvalue weighted by Crippen LogP contribution is 2.17. The molecule has 0 bridgehead atoms. The van der Waals surface area contributed by atoms with E-state index in [0.717, 1.165) is 31.9 Å². The van der Waals surface area contributed by atoms with E-state index in [9.17, 15) is 14.0 Å². The lowest BCUT2D eigenvalue weighted by molar-refractivity contribution is -0.117. The summed E-state index contributed by atoms with van der Waals surface area (Å²) in [5.74, 6) is -0.307. The fourth-order valence-electron chi connectivity index (χ4n) is 3.01. The first-order valence-corrected chi connectivity index (χ1v) is 8.65. The van der Waals surface area contributed by atoms with Gasteiger partial charge in [-0.25, -0.2) is 4.39 Å². The maximum absolute atomic E-state index is 13.0. The summed E-state index contributed by atoms with van der Waals surface area (Å²) in [7, 11) is 0. The van der Waals surface area contributed by atoms with Crippen LogP contribution in [0.15, 0.2) is 48.5 Å². The van der Waals surface area contributed by atoms with Crippen molar-refractivity contribution in [2.75, 3.05) is 42.9 Å². The van der Waals surface area contributed by atoms with Crippen LogP contribution in [0.3, 0.4) is 0 Å². The van der Waals surface area contributed by atoms with E-state index >= 15 is 0 Å². The van der Waals surface area contributed by atoms with Crippen LogP contribution < -0.4 is 10.2 Å². The highest BCUT2D eigenvalue weighted by Gasteiger charge is 2.19. The zero-order valence-corrected chi connectivity index (χ0v) is 16.0. The number of halogens is 2. The van der Waals surface area contributed by atoms with Gasteiger partial charge in [-0.2, -0.15) is 0 Å². The van der Waals surface area contributed by atoms with E-state index in [2.05, 4.69) is 15.1 Å². The Kier molecular flexibility index (Phi) is 7.33. The third kappa shape index (κ3) is 5.77. The minimum atomic E-state index is -0.236. The van der Waals surface area contributed by atoms with Gasteiger partial charge in [0.25, 0.3) is 0 Å². The van der Waals surface area contributed by atoms with Gasteiger partial charge in [0.05, 0.1) is 6.54 Å². The van der Waals surface area contributed by atoms with Crippen LogP contribution in [0.25, 0.3) is 0 Å². The molecule has 1 saturated heterocycles. The molecule has 2 aromatic carbocycles. The van der Waals surface area contributed by atoms with Crippen LogP contribution in [0.2, 0.25) is 0 Å². The molecule has 0 radical (unpaired) electrons. The second kappa shape index (κ2) is 9.48. The zero-order valence-electron chi connectivity index (χ0n) is 15.2. The van der Waals surface area contributed by atoms with Crippen molar-refractivity contribution in [3.63, 3.8) is 0 Å². The molecule has 0 atom stereocenters. The van der Waals surface area contributed by atoms with Gasteiger partial charge in [-0.15, -0.1) is 12.4 Å². The van der Waals surface area contributed by atoms with Gasteiger partial charge >= 0.3 is 0 Å². The SMILES string of the molecule is CC(=O)c1ccc(NC(=O)CN2CCN(c3ccc(F)cc3)CC2)cc1.Cl. The molecule has 0 saturated carbocycles. The predicted molar refractivity (Wildman–Crippen MR) is 107 cm³/mol. The van der Waals surface area contributed by atoms with Gasteiger partial charge in [-0.1, -0.05) is 0 Å². The van der Waals surface area contributed by atoms with Gasteiger partial charge < -0.3 is 10.2 Å². The Labute approximate surface area is 164 Å². The molecule has 0 aromatic heterocycles. The quantitative estimate of drug-likeness (QED) is 0.795. The Balaban J connectivity index is 0.00000261. The summed E-state index contributed by atoms with van der Waals surface area (Å²) in [6, 6.07) is 13.4. The van der Waals surface area contributed by atoms with E-state index in [0.29, 0.717) is 17.8 Å². The molecule has 27 heavy (non-hydrogen) atoms. The smallest absolute Gasteiger partial charge is 0.238 e. The monoisotopic (exact) mass is 391 g/mol. The molecule has 0 spiro atoms. The van der Waals surface area contributed by atoms with Crippen molar-refractivity contribution in [2.24, 2.45) is 0 Å². The van der Waals surface area contributed by atoms with E-state index in [1.807, 2.05) is 0 Å². The van der Waals surface area contributed by atoms with E-state index in [1.165, 1.54) is 19.1 Å². The van der Waals surface area contributed by atoms with Crippen molar-refractivity contribution in [1.82, 2.24) is 4.90 Å². The summed E-state index contributed by atoms with van der Waals surface area (Å²) < 4.78 is 13.0. The van der Waals surface area contributed by atoms with Crippen molar-refractivity contribution in [3.8, 4) is 0 Å². The highest BCUT2D eigenvalue weighted by atomic mass is 35.5. The van der Waals surface area contributed by atoms with Crippen molar-refractivity contribution in [2.45, 2.75) is 6.92 Å². The third-order valence-corrected chi connectivity index (χ3v) is 4.51. The van der Waals surface area contributed by atoms with Crippen molar-refractivity contribution < 1.29 is 14.0 Å². The van der Waals surface area contributed by atoms with Crippen molar-refractivity contribution >= 4 is 35.5 Å². The minimum Gasteiger partial charge on any atom is -0.369 e. The van der Waals surface area contributed by atoms with Gasteiger partial charge in [-0.05, 0) is 55.5 Å². The summed E-state index contributed by atoms with van der Waals surface area (Å²) in [5.41, 5.74) is 2.31. The van der Waals surface area contributed by atoms with E-state index in [1.54, 1.807) is 36.4 Å². The summed E-state index contributed by atoms with van der Waals surface area (Å²) >= 11 is 0. The molecule has 2 aromatic rings. The first-order chi connectivity index (χ1) is 12.5. The Morgan fingerprint density at radius 3 is 2.11 bits per heavy atom. The number of nitrogens with zero attached hydrogens (tertiary/aromatic N) is 2. The number of nitrogens with one attached hydrogen (secondary N) is 1. The number of carbonyl (C=O) groups excluding carboxylic acids is 2. The number of carbonyl (C=O) groups is 2. The van der Waals surface area contributed by atoms with E-state index in [-0.39, 0.29) is 29.9 Å². The van der Waals surface area contributed by atoms with Crippen molar-refractivity contribution in [3.05, 3.63) is 59.9 Å². The average Bonchev–Trinajstić information content (AvgIpc) is 2.63.